The fourth-order valence-electron chi connectivity index (χ4n) is 5.86. The highest BCUT2D eigenvalue weighted by Crippen LogP contribution is 2.31. The monoisotopic (exact) mass is 844 g/mol. The van der Waals surface area contributed by atoms with Crippen molar-refractivity contribution >= 4 is 28.9 Å². The maximum Gasteiger partial charge on any atom is 0.241 e. The minimum Gasteiger partial charge on any atom is -0.497 e. The van der Waals surface area contributed by atoms with Crippen LogP contribution in [0.4, 0.5) is 5.95 Å². The van der Waals surface area contributed by atoms with Gasteiger partial charge in [0, 0.05) is 42.5 Å². The van der Waals surface area contributed by atoms with Gasteiger partial charge in [-0.25, -0.2) is 9.97 Å². The number of nitrogens with one attached hydrogen (secondary N) is 2. The third kappa shape index (κ3) is 14.7. The summed E-state index contributed by atoms with van der Waals surface area (Å²) < 4.78 is 42.4. The average molecular weight is 845 g/mol. The van der Waals surface area contributed by atoms with E-state index >= 15 is 0 Å². The molecule has 2 aromatic carbocycles. The van der Waals surface area contributed by atoms with Gasteiger partial charge in [0.05, 0.1) is 79.8 Å². The van der Waals surface area contributed by atoms with E-state index in [0.717, 1.165) is 28.0 Å². The molecule has 0 aliphatic heterocycles. The summed E-state index contributed by atoms with van der Waals surface area (Å²) in [5.74, 6) is 2.13. The topological polar surface area (TPSA) is 197 Å². The number of ether oxygens (including phenoxy) is 7. The predicted molar refractivity (Wildman–Crippen MR) is 231 cm³/mol. The smallest absolute Gasteiger partial charge is 0.241 e. The van der Waals surface area contributed by atoms with E-state index in [0.29, 0.717) is 108 Å². The predicted octanol–water partition coefficient (Wildman–Crippen LogP) is 4.65. The SMILES string of the molecule is COc1ccc(COc2ccc(Cn3c(N)nc4cc(-c5cnn(CC(=O)NCCOCCOCCOCCOCCC(=O)N[C@@H](C)C(C)(C)C)c5)cnc43)cc2OC)cc1. The zero-order valence-corrected chi connectivity index (χ0v) is 36.1. The standard InChI is InChI=1S/C44H60N8O9/c1-31(44(2,3)4)49-40(53)13-15-57-17-19-59-21-22-60-20-18-58-16-14-46-41(54)29-51-28-35(26-48-51)34-24-37-42(47-25-34)52(43(45)50-37)27-33-9-12-38(39(23-33)56-6)61-30-32-7-10-36(55-5)11-8-32/h7-12,23-26,28,31H,13-22,27,29-30H2,1-6H3,(H2,45,50)(H,46,54)(H,49,53)/t31-/m0/s1. The first-order valence-electron chi connectivity index (χ1n) is 20.4. The van der Waals surface area contributed by atoms with Gasteiger partial charge in [0.25, 0.3) is 0 Å². The molecule has 0 spiro atoms. The fourth-order valence-corrected chi connectivity index (χ4v) is 5.86. The van der Waals surface area contributed by atoms with Crippen molar-refractivity contribution in [2.24, 2.45) is 5.41 Å². The third-order valence-corrected chi connectivity index (χ3v) is 9.84. The number of carbonyl (C=O) groups is 2. The summed E-state index contributed by atoms with van der Waals surface area (Å²) in [7, 11) is 3.24. The summed E-state index contributed by atoms with van der Waals surface area (Å²) in [6.45, 7) is 12.7. The number of aromatic nitrogens is 5. The van der Waals surface area contributed by atoms with Gasteiger partial charge in [0.2, 0.25) is 17.8 Å². The number of nitrogen functional groups attached to an aromatic ring is 1. The quantitative estimate of drug-likeness (QED) is 0.0652. The number of hydrogen-bond donors (Lipinski definition) is 3. The number of carbonyl (C=O) groups excluding carboxylic acids is 2. The molecule has 0 saturated heterocycles. The largest absolute Gasteiger partial charge is 0.497 e. The Labute approximate surface area is 357 Å². The number of pyridine rings is 1. The van der Waals surface area contributed by atoms with Crippen molar-refractivity contribution in [3.05, 3.63) is 78.2 Å². The lowest BCUT2D eigenvalue weighted by atomic mass is 9.88. The Hall–Kier alpha value is -5.75. The molecule has 0 aliphatic rings. The van der Waals surface area contributed by atoms with Crippen LogP contribution in [0, 0.1) is 5.41 Å². The minimum absolute atomic E-state index is 0.0141. The van der Waals surface area contributed by atoms with Crippen LogP contribution >= 0.6 is 0 Å². The number of fused-ring (bicyclic) bond motifs is 1. The Morgan fingerprint density at radius 1 is 0.787 bits per heavy atom. The number of nitrogens with zero attached hydrogens (tertiary/aromatic N) is 5. The number of benzene rings is 2. The molecule has 5 aromatic rings. The van der Waals surface area contributed by atoms with Gasteiger partial charge in [-0.05, 0) is 53.8 Å². The summed E-state index contributed by atoms with van der Waals surface area (Å²) >= 11 is 0. The molecule has 1 atom stereocenters. The molecule has 17 heteroatoms. The van der Waals surface area contributed by atoms with Crippen molar-refractivity contribution < 1.29 is 42.7 Å². The molecule has 17 nitrogen and oxygen atoms in total. The molecule has 3 aromatic heterocycles. The van der Waals surface area contributed by atoms with Crippen LogP contribution < -0.4 is 30.6 Å². The van der Waals surface area contributed by atoms with Crippen molar-refractivity contribution in [2.45, 2.75) is 59.9 Å². The minimum atomic E-state index is -0.192. The van der Waals surface area contributed by atoms with Crippen LogP contribution in [0.5, 0.6) is 17.2 Å². The van der Waals surface area contributed by atoms with Crippen LogP contribution in [0.3, 0.4) is 0 Å². The number of nitrogens with two attached hydrogens (primary N) is 1. The Bertz CT molecular complexity index is 2130. The van der Waals surface area contributed by atoms with Gasteiger partial charge < -0.3 is 49.5 Å². The molecule has 0 fully saturated rings. The lowest BCUT2D eigenvalue weighted by Gasteiger charge is -2.28. The molecule has 2 amide bonds. The average Bonchev–Trinajstić information content (AvgIpc) is 3.84. The second-order valence-corrected chi connectivity index (χ2v) is 15.4. The fraction of sp³-hybridized carbons (Fsp3) is 0.477. The van der Waals surface area contributed by atoms with Gasteiger partial charge in [-0.2, -0.15) is 5.10 Å². The van der Waals surface area contributed by atoms with E-state index < -0.39 is 0 Å². The van der Waals surface area contributed by atoms with Gasteiger partial charge in [0.15, 0.2) is 17.1 Å². The summed E-state index contributed by atoms with van der Waals surface area (Å²) in [6, 6.07) is 15.4. The Morgan fingerprint density at radius 3 is 2.13 bits per heavy atom. The van der Waals surface area contributed by atoms with Crippen molar-refractivity contribution in [3.8, 4) is 28.4 Å². The van der Waals surface area contributed by atoms with E-state index in [1.165, 1.54) is 0 Å². The summed E-state index contributed by atoms with van der Waals surface area (Å²) in [5.41, 5.74) is 11.2. The van der Waals surface area contributed by atoms with Crippen molar-refractivity contribution in [2.75, 3.05) is 79.4 Å². The van der Waals surface area contributed by atoms with Crippen molar-refractivity contribution in [3.63, 3.8) is 0 Å². The Balaban J connectivity index is 0.950. The van der Waals surface area contributed by atoms with E-state index in [1.807, 2.05) is 60.0 Å². The molecule has 0 saturated carbocycles. The highest BCUT2D eigenvalue weighted by molar-refractivity contribution is 5.80. The zero-order chi connectivity index (χ0) is 43.6. The highest BCUT2D eigenvalue weighted by atomic mass is 16.6. The summed E-state index contributed by atoms with van der Waals surface area (Å²) in [4.78, 5) is 33.8. The molecule has 61 heavy (non-hydrogen) atoms. The van der Waals surface area contributed by atoms with Gasteiger partial charge in [-0.1, -0.05) is 39.0 Å². The van der Waals surface area contributed by atoms with Crippen LogP contribution in [0.2, 0.25) is 0 Å². The highest BCUT2D eigenvalue weighted by Gasteiger charge is 2.21. The van der Waals surface area contributed by atoms with Crippen LogP contribution in [0.25, 0.3) is 22.3 Å². The zero-order valence-electron chi connectivity index (χ0n) is 36.1. The van der Waals surface area contributed by atoms with E-state index in [-0.39, 0.29) is 29.8 Å². The lowest BCUT2D eigenvalue weighted by molar-refractivity contribution is -0.124. The Morgan fingerprint density at radius 2 is 1.46 bits per heavy atom. The van der Waals surface area contributed by atoms with E-state index in [4.69, 9.17) is 43.9 Å². The second kappa shape index (κ2) is 23.3. The number of amides is 2. The normalized spacial score (nSPS) is 12.0. The number of anilines is 1. The maximum atomic E-state index is 12.6. The van der Waals surface area contributed by atoms with Crippen molar-refractivity contribution in [1.29, 1.82) is 0 Å². The molecule has 0 radical (unpaired) electrons. The van der Waals surface area contributed by atoms with Gasteiger partial charge in [0.1, 0.15) is 24.4 Å². The lowest BCUT2D eigenvalue weighted by Crippen LogP contribution is -2.41. The molecule has 5 rings (SSSR count). The summed E-state index contributed by atoms with van der Waals surface area (Å²) in [6.07, 6.45) is 5.53. The molecule has 330 valence electrons. The molecule has 3 heterocycles. The van der Waals surface area contributed by atoms with Crippen LogP contribution in [-0.4, -0.2) is 116 Å². The van der Waals surface area contributed by atoms with E-state index in [9.17, 15) is 9.59 Å². The molecule has 0 aliphatic carbocycles. The van der Waals surface area contributed by atoms with E-state index in [1.54, 1.807) is 37.5 Å². The molecule has 0 unspecified atom stereocenters. The van der Waals surface area contributed by atoms with Gasteiger partial charge in [-0.15, -0.1) is 0 Å². The van der Waals surface area contributed by atoms with Crippen LogP contribution in [0.1, 0.15) is 45.2 Å². The number of imidazole rings is 1. The first kappa shape index (κ1) is 46.3. The molecular weight excluding hydrogens is 785 g/mol. The molecular formula is C44H60N8O9. The third-order valence-electron chi connectivity index (χ3n) is 9.84. The van der Waals surface area contributed by atoms with Gasteiger partial charge >= 0.3 is 0 Å². The second-order valence-electron chi connectivity index (χ2n) is 15.4. The number of rotatable bonds is 26. The molecule has 4 N–H and O–H groups in total. The number of methoxy groups -OCH3 is 2. The van der Waals surface area contributed by atoms with Crippen molar-refractivity contribution in [1.82, 2.24) is 34.9 Å². The van der Waals surface area contributed by atoms with Gasteiger partial charge in [-0.3, -0.25) is 18.8 Å². The van der Waals surface area contributed by atoms with E-state index in [2.05, 4.69) is 41.5 Å². The summed E-state index contributed by atoms with van der Waals surface area (Å²) in [5, 5.41) is 10.2. The first-order chi connectivity index (χ1) is 29.4. The van der Waals surface area contributed by atoms with Crippen LogP contribution in [0.15, 0.2) is 67.1 Å². The maximum absolute atomic E-state index is 12.6. The Kier molecular flexibility index (Phi) is 17.7. The molecule has 0 bridgehead atoms. The number of hydrogen-bond acceptors (Lipinski definition) is 13. The van der Waals surface area contributed by atoms with Crippen LogP contribution in [-0.2, 0) is 48.2 Å². The first-order valence-corrected chi connectivity index (χ1v) is 20.4.